The molecule has 0 atom stereocenters. The average Bonchev–Trinajstić information content (AvgIpc) is 2.54. The second kappa shape index (κ2) is 9.95. The van der Waals surface area contributed by atoms with Gasteiger partial charge in [-0.2, -0.15) is 4.98 Å². The van der Waals surface area contributed by atoms with Crippen LogP contribution in [-0.4, -0.2) is 53.7 Å². The molecule has 130 valence electrons. The molecular weight excluding hydrogens is 314 g/mol. The average molecular weight is 342 g/mol. The van der Waals surface area contributed by atoms with Crippen LogP contribution in [0.2, 0.25) is 0 Å². The molecular formula is C16H28N3O3S+. The number of morpholine rings is 1. The molecule has 23 heavy (non-hydrogen) atoms. The van der Waals surface area contributed by atoms with E-state index < -0.39 is 0 Å². The van der Waals surface area contributed by atoms with Crippen LogP contribution in [0, 0.1) is 0 Å². The number of nitrogens with one attached hydrogen (secondary N) is 2. The highest BCUT2D eigenvalue weighted by atomic mass is 32.2. The van der Waals surface area contributed by atoms with Crippen molar-refractivity contribution < 1.29 is 14.7 Å². The monoisotopic (exact) mass is 342 g/mol. The summed E-state index contributed by atoms with van der Waals surface area (Å²) < 4.78 is 5.34. The number of aromatic hydroxyl groups is 1. The molecule has 1 saturated heterocycles. The van der Waals surface area contributed by atoms with Gasteiger partial charge in [-0.15, -0.1) is 0 Å². The lowest BCUT2D eigenvalue weighted by Gasteiger charge is -2.23. The Hall–Kier alpha value is -1.05. The molecule has 7 heteroatoms. The van der Waals surface area contributed by atoms with Crippen LogP contribution in [0.4, 0.5) is 0 Å². The number of thioether (sulfide) groups is 1. The zero-order valence-corrected chi connectivity index (χ0v) is 14.7. The summed E-state index contributed by atoms with van der Waals surface area (Å²) in [5, 5.41) is 10.5. The number of hydrogen-bond acceptors (Lipinski definition) is 5. The minimum atomic E-state index is -0.199. The smallest absolute Gasteiger partial charge is 0.258 e. The molecule has 0 spiro atoms. The van der Waals surface area contributed by atoms with E-state index in [2.05, 4.69) is 16.9 Å². The molecule has 0 bridgehead atoms. The molecule has 1 aliphatic heterocycles. The van der Waals surface area contributed by atoms with Crippen molar-refractivity contribution in [2.24, 2.45) is 0 Å². The lowest BCUT2D eigenvalue weighted by atomic mass is 10.1. The fourth-order valence-corrected chi connectivity index (χ4v) is 3.59. The first-order valence-corrected chi connectivity index (χ1v) is 9.55. The minimum absolute atomic E-state index is 0.105. The first-order chi connectivity index (χ1) is 11.2. The number of aromatic nitrogens is 2. The summed E-state index contributed by atoms with van der Waals surface area (Å²) in [6, 6.07) is 0. The number of nitrogens with zero attached hydrogens (tertiary/aromatic N) is 1. The molecule has 1 aromatic heterocycles. The van der Waals surface area contributed by atoms with Crippen molar-refractivity contribution in [2.45, 2.75) is 44.2 Å². The van der Waals surface area contributed by atoms with Crippen LogP contribution < -0.4 is 10.5 Å². The normalized spacial score (nSPS) is 15.9. The lowest BCUT2D eigenvalue weighted by molar-refractivity contribution is -0.905. The van der Waals surface area contributed by atoms with Crippen LogP contribution in [0.3, 0.4) is 0 Å². The van der Waals surface area contributed by atoms with E-state index in [9.17, 15) is 9.90 Å². The number of unbranched alkanes of at least 4 members (excludes halogenated alkanes) is 3. The van der Waals surface area contributed by atoms with Gasteiger partial charge in [0.25, 0.3) is 5.56 Å². The SMILES string of the molecule is CCCCCCc1c(O)nc(SCC[NH+]2CCOCC2)[nH]c1=O. The second-order valence-electron chi connectivity index (χ2n) is 5.94. The van der Waals surface area contributed by atoms with E-state index in [1.54, 1.807) is 0 Å². The summed E-state index contributed by atoms with van der Waals surface area (Å²) in [5.74, 6) is 0.763. The maximum atomic E-state index is 12.1. The molecule has 0 aromatic carbocycles. The zero-order valence-electron chi connectivity index (χ0n) is 13.9. The molecule has 6 nitrogen and oxygen atoms in total. The van der Waals surface area contributed by atoms with Crippen molar-refractivity contribution in [3.63, 3.8) is 0 Å². The highest BCUT2D eigenvalue weighted by molar-refractivity contribution is 7.99. The first kappa shape index (κ1) is 18.3. The Morgan fingerprint density at radius 1 is 1.30 bits per heavy atom. The quantitative estimate of drug-likeness (QED) is 0.348. The lowest BCUT2D eigenvalue weighted by Crippen LogP contribution is -3.14. The van der Waals surface area contributed by atoms with Crippen LogP contribution in [0.15, 0.2) is 9.95 Å². The van der Waals surface area contributed by atoms with Gasteiger partial charge in [0, 0.05) is 0 Å². The Labute approximate surface area is 141 Å². The van der Waals surface area contributed by atoms with Gasteiger partial charge in [0.15, 0.2) is 5.16 Å². The molecule has 0 saturated carbocycles. The number of hydrogen-bond donors (Lipinski definition) is 3. The topological polar surface area (TPSA) is 79.7 Å². The largest absolute Gasteiger partial charge is 0.493 e. The minimum Gasteiger partial charge on any atom is -0.493 e. The third kappa shape index (κ3) is 6.16. The predicted molar refractivity (Wildman–Crippen MR) is 91.5 cm³/mol. The molecule has 3 N–H and O–H groups in total. The molecule has 0 unspecified atom stereocenters. The molecule has 0 aliphatic carbocycles. The van der Waals surface area contributed by atoms with E-state index in [0.717, 1.165) is 64.3 Å². The second-order valence-corrected chi connectivity index (χ2v) is 7.03. The Morgan fingerprint density at radius 2 is 2.09 bits per heavy atom. The van der Waals surface area contributed by atoms with Crippen molar-refractivity contribution in [1.82, 2.24) is 9.97 Å². The van der Waals surface area contributed by atoms with E-state index >= 15 is 0 Å². The Morgan fingerprint density at radius 3 is 2.78 bits per heavy atom. The Bertz CT molecular complexity index is 530. The number of rotatable bonds is 9. The zero-order chi connectivity index (χ0) is 16.5. The van der Waals surface area contributed by atoms with Crippen LogP contribution in [0.1, 0.15) is 38.2 Å². The molecule has 1 fully saturated rings. The maximum Gasteiger partial charge on any atom is 0.258 e. The molecule has 1 aliphatic rings. The van der Waals surface area contributed by atoms with Gasteiger partial charge in [0.1, 0.15) is 13.1 Å². The van der Waals surface area contributed by atoms with Crippen molar-refractivity contribution in [1.29, 1.82) is 0 Å². The van der Waals surface area contributed by atoms with E-state index in [0.29, 0.717) is 17.1 Å². The fourth-order valence-electron chi connectivity index (χ4n) is 2.69. The van der Waals surface area contributed by atoms with E-state index in [4.69, 9.17) is 4.74 Å². The van der Waals surface area contributed by atoms with Crippen molar-refractivity contribution in [3.8, 4) is 5.88 Å². The summed E-state index contributed by atoms with van der Waals surface area (Å²) in [4.78, 5) is 20.6. The number of quaternary nitrogens is 1. The highest BCUT2D eigenvalue weighted by Gasteiger charge is 2.15. The van der Waals surface area contributed by atoms with Crippen LogP contribution in [0.25, 0.3) is 0 Å². The van der Waals surface area contributed by atoms with Gasteiger partial charge in [-0.1, -0.05) is 37.9 Å². The van der Waals surface area contributed by atoms with Crippen LogP contribution in [-0.2, 0) is 11.2 Å². The first-order valence-electron chi connectivity index (χ1n) is 8.57. The van der Waals surface area contributed by atoms with Gasteiger partial charge >= 0.3 is 0 Å². The summed E-state index contributed by atoms with van der Waals surface area (Å²) >= 11 is 1.49. The van der Waals surface area contributed by atoms with E-state index in [-0.39, 0.29) is 11.4 Å². The molecule has 1 aromatic rings. The predicted octanol–water partition coefficient (Wildman–Crippen LogP) is 0.606. The van der Waals surface area contributed by atoms with E-state index in [1.165, 1.54) is 16.7 Å². The summed E-state index contributed by atoms with van der Waals surface area (Å²) in [6.45, 7) is 6.87. The van der Waals surface area contributed by atoms with Gasteiger partial charge in [-0.05, 0) is 12.8 Å². The molecule has 0 amide bonds. The van der Waals surface area contributed by atoms with Crippen molar-refractivity contribution in [2.75, 3.05) is 38.6 Å². The Kier molecular flexibility index (Phi) is 7.91. The van der Waals surface area contributed by atoms with Gasteiger partial charge < -0.3 is 19.7 Å². The molecule has 2 rings (SSSR count). The summed E-state index contributed by atoms with van der Waals surface area (Å²) in [6.07, 6.45) is 4.90. The summed E-state index contributed by atoms with van der Waals surface area (Å²) in [5.41, 5.74) is 0.222. The Balaban J connectivity index is 1.82. The van der Waals surface area contributed by atoms with Crippen LogP contribution >= 0.6 is 11.8 Å². The number of aromatic amines is 1. The highest BCUT2D eigenvalue weighted by Crippen LogP contribution is 2.17. The molecule has 0 radical (unpaired) electrons. The third-order valence-electron chi connectivity index (χ3n) is 4.15. The van der Waals surface area contributed by atoms with Gasteiger partial charge in [0.2, 0.25) is 5.88 Å². The van der Waals surface area contributed by atoms with Gasteiger partial charge in [-0.25, -0.2) is 0 Å². The third-order valence-corrected chi connectivity index (χ3v) is 5.02. The van der Waals surface area contributed by atoms with Crippen molar-refractivity contribution >= 4 is 11.8 Å². The number of H-pyrrole nitrogens is 1. The standard InChI is InChI=1S/C16H27N3O3S/c1-2-3-4-5-6-13-14(20)17-16(18-15(13)21)23-12-9-19-7-10-22-11-8-19/h2-12H2,1H3,(H2,17,18,20,21)/p+1. The maximum absolute atomic E-state index is 12.1. The van der Waals surface area contributed by atoms with E-state index in [1.807, 2.05) is 0 Å². The van der Waals surface area contributed by atoms with Crippen LogP contribution in [0.5, 0.6) is 5.88 Å². The fraction of sp³-hybridized carbons (Fsp3) is 0.750. The number of ether oxygens (including phenoxy) is 1. The molecule has 2 heterocycles. The summed E-state index contributed by atoms with van der Waals surface area (Å²) in [7, 11) is 0. The van der Waals surface area contributed by atoms with Gasteiger partial charge in [-0.3, -0.25) is 4.79 Å². The van der Waals surface area contributed by atoms with Gasteiger partial charge in [0.05, 0.1) is 31.1 Å². The van der Waals surface area contributed by atoms with Crippen molar-refractivity contribution in [3.05, 3.63) is 15.9 Å².